The molecule has 142 valence electrons. The van der Waals surface area contributed by atoms with E-state index in [0.717, 1.165) is 22.2 Å². The molecule has 0 fully saturated rings. The van der Waals surface area contributed by atoms with Gasteiger partial charge in [-0.3, -0.25) is 4.79 Å². The number of hydrogen-bond acceptors (Lipinski definition) is 5. The molecule has 0 spiro atoms. The van der Waals surface area contributed by atoms with Crippen molar-refractivity contribution < 1.29 is 14.1 Å². The van der Waals surface area contributed by atoms with Crippen molar-refractivity contribution in [3.63, 3.8) is 0 Å². The summed E-state index contributed by atoms with van der Waals surface area (Å²) in [6.07, 6.45) is 0. The van der Waals surface area contributed by atoms with Crippen molar-refractivity contribution in [1.29, 1.82) is 0 Å². The number of aryl methyl sites for hydroxylation is 2. The van der Waals surface area contributed by atoms with E-state index in [1.165, 1.54) is 0 Å². The molecule has 0 aliphatic rings. The van der Waals surface area contributed by atoms with Crippen LogP contribution in [0.15, 0.2) is 47.0 Å². The first-order chi connectivity index (χ1) is 13.5. The Morgan fingerprint density at radius 2 is 1.93 bits per heavy atom. The summed E-state index contributed by atoms with van der Waals surface area (Å²) >= 11 is 5.98. The highest BCUT2D eigenvalue weighted by Crippen LogP contribution is 2.37. The van der Waals surface area contributed by atoms with Gasteiger partial charge in [-0.05, 0) is 56.3 Å². The Balaban J connectivity index is 1.94. The van der Waals surface area contributed by atoms with E-state index in [1.54, 1.807) is 38.3 Å². The molecule has 2 aromatic carbocycles. The number of carbonyl (C=O) groups is 1. The summed E-state index contributed by atoms with van der Waals surface area (Å²) in [5.41, 5.74) is 3.06. The summed E-state index contributed by atoms with van der Waals surface area (Å²) in [7, 11) is 1.61. The number of ketones is 1. The Hall–Kier alpha value is -3.12. The number of hydrogen-bond donors (Lipinski definition) is 1. The lowest BCUT2D eigenvalue weighted by molar-refractivity contribution is 0.0961. The maximum atomic E-state index is 13.5. The second-order valence-electron chi connectivity index (χ2n) is 6.56. The number of nitrogens with one attached hydrogen (secondary N) is 1. The van der Waals surface area contributed by atoms with E-state index < -0.39 is 5.92 Å². The molecular weight excluding hydrogens is 378 g/mol. The number of rotatable bonds is 5. The lowest BCUT2D eigenvalue weighted by Gasteiger charge is -2.13. The zero-order chi connectivity index (χ0) is 19.8. The van der Waals surface area contributed by atoms with Gasteiger partial charge in [0.1, 0.15) is 11.7 Å². The van der Waals surface area contributed by atoms with Crippen molar-refractivity contribution in [2.45, 2.75) is 19.8 Å². The fraction of sp³-hybridized carbons (Fsp3) is 0.190. The van der Waals surface area contributed by atoms with E-state index in [2.05, 4.69) is 15.1 Å². The number of aromatic amines is 1. The third-order valence-corrected chi connectivity index (χ3v) is 4.96. The van der Waals surface area contributed by atoms with Crippen LogP contribution in [0.2, 0.25) is 5.02 Å². The van der Waals surface area contributed by atoms with Gasteiger partial charge < -0.3 is 14.2 Å². The van der Waals surface area contributed by atoms with Gasteiger partial charge in [-0.15, -0.1) is 0 Å². The molecule has 6 nitrogen and oxygen atoms in total. The highest BCUT2D eigenvalue weighted by molar-refractivity contribution is 6.30. The molecule has 1 N–H and O–H groups in total. The number of benzene rings is 2. The van der Waals surface area contributed by atoms with Crippen LogP contribution in [0.1, 0.15) is 39.2 Å². The SMILES string of the molecule is COc1ccc2[nH]c(C)c(C(C(=O)c3ccc(Cl)cc3)c3nc(C)no3)c2c1. The van der Waals surface area contributed by atoms with Gasteiger partial charge >= 0.3 is 0 Å². The average molecular weight is 396 g/mol. The lowest BCUT2D eigenvalue weighted by atomic mass is 9.88. The zero-order valence-electron chi connectivity index (χ0n) is 15.6. The van der Waals surface area contributed by atoms with E-state index in [0.29, 0.717) is 22.2 Å². The van der Waals surface area contributed by atoms with Crippen LogP contribution in [-0.4, -0.2) is 28.0 Å². The van der Waals surface area contributed by atoms with Gasteiger partial charge in [0.2, 0.25) is 5.89 Å². The fourth-order valence-electron chi connectivity index (χ4n) is 3.40. The van der Waals surface area contributed by atoms with E-state index in [4.69, 9.17) is 20.9 Å². The average Bonchev–Trinajstić information content (AvgIpc) is 3.25. The zero-order valence-corrected chi connectivity index (χ0v) is 16.4. The van der Waals surface area contributed by atoms with Crippen LogP contribution in [0.25, 0.3) is 10.9 Å². The Labute approximate surface area is 166 Å². The smallest absolute Gasteiger partial charge is 0.242 e. The number of ether oxygens (including phenoxy) is 1. The number of aromatic nitrogens is 3. The van der Waals surface area contributed by atoms with Gasteiger partial charge in [0, 0.05) is 32.7 Å². The van der Waals surface area contributed by atoms with E-state index in [-0.39, 0.29) is 11.7 Å². The standard InChI is InChI=1S/C21H18ClN3O3/c1-11-18(16-10-15(27-3)8-9-17(16)23-11)19(21-24-12(2)25-28-21)20(26)13-4-6-14(22)7-5-13/h4-10,19,23H,1-3H3. The highest BCUT2D eigenvalue weighted by atomic mass is 35.5. The number of halogens is 1. The minimum absolute atomic E-state index is 0.146. The Morgan fingerprint density at radius 3 is 2.57 bits per heavy atom. The van der Waals surface area contributed by atoms with Gasteiger partial charge in [-0.1, -0.05) is 16.8 Å². The predicted molar refractivity (Wildman–Crippen MR) is 106 cm³/mol. The predicted octanol–water partition coefficient (Wildman–Crippen LogP) is 4.84. The molecule has 4 rings (SSSR count). The normalized spacial score (nSPS) is 12.3. The second-order valence-corrected chi connectivity index (χ2v) is 7.00. The van der Waals surface area contributed by atoms with Crippen LogP contribution in [0.4, 0.5) is 0 Å². The van der Waals surface area contributed by atoms with Crippen molar-refractivity contribution in [3.05, 3.63) is 76.0 Å². The highest BCUT2D eigenvalue weighted by Gasteiger charge is 2.33. The molecule has 7 heteroatoms. The molecule has 0 aliphatic heterocycles. The number of H-pyrrole nitrogens is 1. The Kier molecular flexibility index (Phi) is 4.65. The molecule has 4 aromatic rings. The molecule has 2 aromatic heterocycles. The minimum atomic E-state index is -0.747. The minimum Gasteiger partial charge on any atom is -0.497 e. The van der Waals surface area contributed by atoms with Crippen LogP contribution in [0, 0.1) is 13.8 Å². The number of carbonyl (C=O) groups excluding carboxylic acids is 1. The molecule has 0 saturated heterocycles. The van der Waals surface area contributed by atoms with Crippen molar-refractivity contribution in [1.82, 2.24) is 15.1 Å². The first-order valence-corrected chi connectivity index (χ1v) is 9.12. The molecular formula is C21H18ClN3O3. The summed E-state index contributed by atoms with van der Waals surface area (Å²) < 4.78 is 10.8. The second kappa shape index (κ2) is 7.13. The van der Waals surface area contributed by atoms with Crippen molar-refractivity contribution in [2.75, 3.05) is 7.11 Å². The Bertz CT molecular complexity index is 1160. The van der Waals surface area contributed by atoms with Gasteiger partial charge in [-0.2, -0.15) is 4.98 Å². The van der Waals surface area contributed by atoms with Gasteiger partial charge in [0.25, 0.3) is 0 Å². The molecule has 0 bridgehead atoms. The maximum Gasteiger partial charge on any atom is 0.242 e. The first-order valence-electron chi connectivity index (χ1n) is 8.74. The molecule has 2 heterocycles. The fourth-order valence-corrected chi connectivity index (χ4v) is 3.53. The summed E-state index contributed by atoms with van der Waals surface area (Å²) in [5, 5.41) is 5.33. The quantitative estimate of drug-likeness (QED) is 0.489. The molecule has 1 atom stereocenters. The maximum absolute atomic E-state index is 13.5. The third-order valence-electron chi connectivity index (χ3n) is 4.71. The van der Waals surface area contributed by atoms with E-state index >= 15 is 0 Å². The first kappa shape index (κ1) is 18.3. The summed E-state index contributed by atoms with van der Waals surface area (Å²) in [6, 6.07) is 12.5. The Morgan fingerprint density at radius 1 is 1.18 bits per heavy atom. The van der Waals surface area contributed by atoms with Crippen LogP contribution in [-0.2, 0) is 0 Å². The monoisotopic (exact) mass is 395 g/mol. The number of nitrogens with zero attached hydrogens (tertiary/aromatic N) is 2. The van der Waals surface area contributed by atoms with E-state index in [9.17, 15) is 4.79 Å². The van der Waals surface area contributed by atoms with Crippen LogP contribution in [0.3, 0.4) is 0 Å². The summed E-state index contributed by atoms with van der Waals surface area (Å²) in [6.45, 7) is 3.65. The number of methoxy groups -OCH3 is 1. The summed E-state index contributed by atoms with van der Waals surface area (Å²) in [5.74, 6) is 0.533. The van der Waals surface area contributed by atoms with Crippen LogP contribution < -0.4 is 4.74 Å². The molecule has 0 radical (unpaired) electrons. The van der Waals surface area contributed by atoms with Crippen molar-refractivity contribution in [3.8, 4) is 5.75 Å². The summed E-state index contributed by atoms with van der Waals surface area (Å²) in [4.78, 5) is 21.2. The van der Waals surface area contributed by atoms with Crippen LogP contribution in [0.5, 0.6) is 5.75 Å². The molecule has 1 unspecified atom stereocenters. The molecule has 0 saturated carbocycles. The number of Topliss-reactive ketones (excluding diaryl/α,β-unsaturated/α-hetero) is 1. The third kappa shape index (κ3) is 3.16. The molecule has 0 amide bonds. The molecule has 0 aliphatic carbocycles. The largest absolute Gasteiger partial charge is 0.497 e. The van der Waals surface area contributed by atoms with E-state index in [1.807, 2.05) is 25.1 Å². The van der Waals surface area contributed by atoms with Crippen LogP contribution >= 0.6 is 11.6 Å². The van der Waals surface area contributed by atoms with Crippen molar-refractivity contribution in [2.24, 2.45) is 0 Å². The lowest BCUT2D eigenvalue weighted by Crippen LogP contribution is -2.16. The topological polar surface area (TPSA) is 81.0 Å². The van der Waals surface area contributed by atoms with Gasteiger partial charge in [0.05, 0.1) is 7.11 Å². The molecule has 28 heavy (non-hydrogen) atoms. The van der Waals surface area contributed by atoms with Gasteiger partial charge in [-0.25, -0.2) is 0 Å². The van der Waals surface area contributed by atoms with Gasteiger partial charge in [0.15, 0.2) is 11.6 Å². The van der Waals surface area contributed by atoms with Crippen molar-refractivity contribution >= 4 is 28.3 Å². The number of fused-ring (bicyclic) bond motifs is 1.